The number of ether oxygens (including phenoxy) is 3. The molecule has 0 amide bonds. The molecule has 0 saturated heterocycles. The maximum atomic E-state index is 12.9. The molecule has 1 aromatic carbocycles. The Morgan fingerprint density at radius 3 is 2.50 bits per heavy atom. The van der Waals surface area contributed by atoms with E-state index in [0.717, 1.165) is 10.3 Å². The van der Waals surface area contributed by atoms with Crippen LogP contribution in [0.1, 0.15) is 24.3 Å². The number of benzene rings is 1. The minimum atomic E-state index is -3.95. The molecule has 0 radical (unpaired) electrons. The summed E-state index contributed by atoms with van der Waals surface area (Å²) in [5, 5.41) is 2.92. The number of anilines is 2. The molecule has 0 atom stereocenters. The Labute approximate surface area is 150 Å². The lowest BCUT2D eigenvalue weighted by Gasteiger charge is -2.22. The van der Waals surface area contributed by atoms with Gasteiger partial charge in [0, 0.05) is 12.1 Å². The van der Waals surface area contributed by atoms with Gasteiger partial charge in [0.25, 0.3) is 10.0 Å². The summed E-state index contributed by atoms with van der Waals surface area (Å²) in [6.45, 7) is 4.00. The minimum Gasteiger partial charge on any atom is -0.493 e. The van der Waals surface area contributed by atoms with Crippen LogP contribution in [-0.2, 0) is 14.8 Å². The van der Waals surface area contributed by atoms with Crippen LogP contribution >= 0.6 is 0 Å². The molecule has 140 valence electrons. The molecule has 9 nitrogen and oxygen atoms in total. The van der Waals surface area contributed by atoms with Gasteiger partial charge in [0.05, 0.1) is 26.5 Å². The minimum absolute atomic E-state index is 0.0119. The van der Waals surface area contributed by atoms with Crippen LogP contribution in [0.15, 0.2) is 23.4 Å². The first-order valence-corrected chi connectivity index (χ1v) is 9.26. The summed E-state index contributed by atoms with van der Waals surface area (Å²) >= 11 is 0. The summed E-state index contributed by atoms with van der Waals surface area (Å²) in [4.78, 5) is 16.2. The molecule has 10 heteroatoms. The number of esters is 1. The van der Waals surface area contributed by atoms with E-state index in [1.54, 1.807) is 0 Å². The fourth-order valence-electron chi connectivity index (χ4n) is 2.50. The van der Waals surface area contributed by atoms with Gasteiger partial charge >= 0.3 is 5.97 Å². The average Bonchev–Trinajstić information content (AvgIpc) is 3.03. The Morgan fingerprint density at radius 2 is 1.88 bits per heavy atom. The maximum absolute atomic E-state index is 12.9. The van der Waals surface area contributed by atoms with E-state index in [1.165, 1.54) is 26.4 Å². The van der Waals surface area contributed by atoms with Gasteiger partial charge in [0.2, 0.25) is 0 Å². The molecule has 1 aliphatic heterocycles. The van der Waals surface area contributed by atoms with Gasteiger partial charge in [0.15, 0.2) is 23.0 Å². The Kier molecular flexibility index (Phi) is 4.53. The van der Waals surface area contributed by atoms with Crippen molar-refractivity contribution in [2.24, 2.45) is 5.92 Å². The number of rotatable bonds is 5. The highest BCUT2D eigenvalue weighted by molar-refractivity contribution is 7.90. The van der Waals surface area contributed by atoms with Crippen LogP contribution in [0.2, 0.25) is 0 Å². The van der Waals surface area contributed by atoms with E-state index in [2.05, 4.69) is 10.3 Å². The van der Waals surface area contributed by atoms with Crippen molar-refractivity contribution in [3.63, 3.8) is 0 Å². The van der Waals surface area contributed by atoms with E-state index < -0.39 is 16.0 Å². The van der Waals surface area contributed by atoms with E-state index in [9.17, 15) is 13.2 Å². The maximum Gasteiger partial charge on any atom is 0.360 e. The van der Waals surface area contributed by atoms with Crippen LogP contribution in [0, 0.1) is 5.92 Å². The molecule has 2 heterocycles. The van der Waals surface area contributed by atoms with E-state index >= 15 is 0 Å². The normalized spacial score (nSPS) is 14.2. The fraction of sp³-hybridized carbons (Fsp3) is 0.375. The molecule has 1 aliphatic rings. The Hall–Kier alpha value is -2.75. The molecule has 0 spiro atoms. The SMILES string of the molecule is COc1cc2c(cc1OC)S(=O)(=O)n1cnc(C(=O)OCC(C)C)c1N2. The molecule has 26 heavy (non-hydrogen) atoms. The molecular weight excluding hydrogens is 362 g/mol. The Balaban J connectivity index is 2.07. The number of imidazole rings is 1. The molecule has 1 N–H and O–H groups in total. The van der Waals surface area contributed by atoms with Crippen LogP contribution in [0.4, 0.5) is 11.5 Å². The zero-order chi connectivity index (χ0) is 19.1. The van der Waals surface area contributed by atoms with E-state index in [-0.39, 0.29) is 40.4 Å². The van der Waals surface area contributed by atoms with Crippen molar-refractivity contribution in [1.82, 2.24) is 8.96 Å². The standard InChI is InChI=1S/C16H19N3O6S/c1-9(2)7-25-16(20)14-15-18-10-5-11(23-3)12(24-4)6-13(10)26(21,22)19(15)8-17-14/h5-6,8-9,18H,7H2,1-4H3. The van der Waals surface area contributed by atoms with E-state index in [1.807, 2.05) is 13.8 Å². The van der Waals surface area contributed by atoms with Crippen molar-refractivity contribution in [3.8, 4) is 11.5 Å². The highest BCUT2D eigenvalue weighted by atomic mass is 32.2. The van der Waals surface area contributed by atoms with Crippen molar-refractivity contribution >= 4 is 27.5 Å². The lowest BCUT2D eigenvalue weighted by molar-refractivity contribution is 0.0454. The molecule has 0 aliphatic carbocycles. The topological polar surface area (TPSA) is 109 Å². The zero-order valence-electron chi connectivity index (χ0n) is 14.8. The summed E-state index contributed by atoms with van der Waals surface area (Å²) in [5.74, 6) is 0.103. The van der Waals surface area contributed by atoms with Gasteiger partial charge < -0.3 is 19.5 Å². The Bertz CT molecular complexity index is 965. The monoisotopic (exact) mass is 381 g/mol. The van der Waals surface area contributed by atoms with Gasteiger partial charge in [-0.1, -0.05) is 13.8 Å². The van der Waals surface area contributed by atoms with Crippen LogP contribution in [0.25, 0.3) is 0 Å². The van der Waals surface area contributed by atoms with Crippen molar-refractivity contribution in [2.45, 2.75) is 18.7 Å². The van der Waals surface area contributed by atoms with Gasteiger partial charge in [-0.25, -0.2) is 22.2 Å². The number of nitrogens with one attached hydrogen (secondary N) is 1. The number of hydrogen-bond acceptors (Lipinski definition) is 8. The van der Waals surface area contributed by atoms with Gasteiger partial charge in [-0.05, 0) is 5.92 Å². The highest BCUT2D eigenvalue weighted by Gasteiger charge is 2.34. The van der Waals surface area contributed by atoms with Gasteiger partial charge in [-0.2, -0.15) is 0 Å². The third-order valence-corrected chi connectivity index (χ3v) is 5.44. The molecule has 0 unspecified atom stereocenters. The molecule has 0 fully saturated rings. The number of aromatic nitrogens is 2. The van der Waals surface area contributed by atoms with Gasteiger partial charge in [0.1, 0.15) is 11.2 Å². The summed E-state index contributed by atoms with van der Waals surface area (Å²) < 4.78 is 42.2. The lowest BCUT2D eigenvalue weighted by atomic mass is 10.2. The highest BCUT2D eigenvalue weighted by Crippen LogP contribution is 2.41. The second kappa shape index (κ2) is 6.52. The molecular formula is C16H19N3O6S. The van der Waals surface area contributed by atoms with Crippen LogP contribution in [0.5, 0.6) is 11.5 Å². The van der Waals surface area contributed by atoms with Crippen molar-refractivity contribution in [3.05, 3.63) is 24.2 Å². The van der Waals surface area contributed by atoms with E-state index in [0.29, 0.717) is 5.75 Å². The predicted molar refractivity (Wildman–Crippen MR) is 92.8 cm³/mol. The summed E-state index contributed by atoms with van der Waals surface area (Å²) in [5.41, 5.74) is 0.156. The molecule has 3 rings (SSSR count). The number of fused-ring (bicyclic) bond motifs is 2. The third-order valence-electron chi connectivity index (χ3n) is 3.75. The smallest absolute Gasteiger partial charge is 0.360 e. The predicted octanol–water partition coefficient (Wildman–Crippen LogP) is 2.01. The fourth-order valence-corrected chi connectivity index (χ4v) is 3.89. The first kappa shape index (κ1) is 18.1. The number of carbonyl (C=O) groups is 1. The zero-order valence-corrected chi connectivity index (χ0v) is 15.6. The number of nitrogens with zero attached hydrogens (tertiary/aromatic N) is 2. The number of carbonyl (C=O) groups excluding carboxylic acids is 1. The third kappa shape index (κ3) is 2.85. The number of methoxy groups -OCH3 is 2. The van der Waals surface area contributed by atoms with Gasteiger partial charge in [-0.3, -0.25) is 0 Å². The molecule has 0 bridgehead atoms. The summed E-state index contributed by atoms with van der Waals surface area (Å²) in [6.07, 6.45) is 1.07. The largest absolute Gasteiger partial charge is 0.493 e. The molecule has 1 aromatic heterocycles. The van der Waals surface area contributed by atoms with Gasteiger partial charge in [-0.15, -0.1) is 0 Å². The molecule has 0 saturated carbocycles. The van der Waals surface area contributed by atoms with Crippen LogP contribution < -0.4 is 14.8 Å². The first-order valence-electron chi connectivity index (χ1n) is 7.82. The average molecular weight is 381 g/mol. The summed E-state index contributed by atoms with van der Waals surface area (Å²) in [7, 11) is -1.09. The quantitative estimate of drug-likeness (QED) is 0.669. The second-order valence-corrected chi connectivity index (χ2v) is 7.85. The first-order chi connectivity index (χ1) is 12.3. The second-order valence-electron chi connectivity index (χ2n) is 6.06. The van der Waals surface area contributed by atoms with Crippen LogP contribution in [-0.4, -0.2) is 44.2 Å². The number of hydrogen-bond donors (Lipinski definition) is 1. The summed E-state index contributed by atoms with van der Waals surface area (Å²) in [6, 6.07) is 2.85. The lowest BCUT2D eigenvalue weighted by Crippen LogP contribution is -2.22. The van der Waals surface area contributed by atoms with E-state index in [4.69, 9.17) is 14.2 Å². The van der Waals surface area contributed by atoms with Crippen molar-refractivity contribution in [2.75, 3.05) is 26.1 Å². The van der Waals surface area contributed by atoms with Crippen LogP contribution in [0.3, 0.4) is 0 Å². The molecule has 2 aromatic rings. The van der Waals surface area contributed by atoms with Crippen molar-refractivity contribution in [1.29, 1.82) is 0 Å². The van der Waals surface area contributed by atoms with Crippen molar-refractivity contribution < 1.29 is 27.4 Å². The Morgan fingerprint density at radius 1 is 1.23 bits per heavy atom.